The number of hydrogen-bond acceptors (Lipinski definition) is 4. The van der Waals surface area contributed by atoms with Gasteiger partial charge in [-0.2, -0.15) is 0 Å². The fraction of sp³-hybridized carbons (Fsp3) is 0.188. The Hall–Kier alpha value is -2.69. The van der Waals surface area contributed by atoms with E-state index in [1.54, 1.807) is 37.4 Å². The van der Waals surface area contributed by atoms with Crippen molar-refractivity contribution >= 4 is 5.97 Å². The fourth-order valence-corrected chi connectivity index (χ4v) is 1.86. The predicted octanol–water partition coefficient (Wildman–Crippen LogP) is 2.98. The molecule has 0 unspecified atom stereocenters. The van der Waals surface area contributed by atoms with E-state index in [-0.39, 0.29) is 12.2 Å². The third-order valence-electron chi connectivity index (χ3n) is 2.98. The van der Waals surface area contributed by atoms with Crippen LogP contribution in [0.15, 0.2) is 42.5 Å². The fourth-order valence-electron chi connectivity index (χ4n) is 1.86. The molecule has 2 rings (SSSR count). The smallest absolute Gasteiger partial charge is 0.336 e. The first-order valence-corrected chi connectivity index (χ1v) is 6.31. The highest BCUT2D eigenvalue weighted by atomic mass is 16.5. The zero-order valence-corrected chi connectivity index (χ0v) is 11.8. The number of aromatic carboxylic acids is 1. The molecule has 0 saturated carbocycles. The van der Waals surface area contributed by atoms with Gasteiger partial charge in [-0.1, -0.05) is 12.1 Å². The lowest BCUT2D eigenvalue weighted by molar-refractivity contribution is 0.0693. The molecule has 2 aromatic carbocycles. The summed E-state index contributed by atoms with van der Waals surface area (Å²) in [6, 6.07) is 12.0. The first-order valence-electron chi connectivity index (χ1n) is 6.31. The van der Waals surface area contributed by atoms with Crippen LogP contribution in [0.1, 0.15) is 15.9 Å². The predicted molar refractivity (Wildman–Crippen MR) is 77.3 cm³/mol. The summed E-state index contributed by atoms with van der Waals surface area (Å²) in [6.45, 7) is 0.152. The molecule has 5 heteroatoms. The Bertz CT molecular complexity index is 636. The molecule has 0 spiro atoms. The molecule has 1 N–H and O–H groups in total. The third kappa shape index (κ3) is 3.66. The van der Waals surface area contributed by atoms with Crippen LogP contribution in [-0.4, -0.2) is 25.3 Å². The van der Waals surface area contributed by atoms with Crippen molar-refractivity contribution in [3.8, 4) is 17.2 Å². The standard InChI is InChI=1S/C16H16O5/c1-19-12-4-3-5-14(8-12)21-10-11-6-7-13(20-2)9-15(11)16(17)18/h3-9H,10H2,1-2H3,(H,17,18). The van der Waals surface area contributed by atoms with Gasteiger partial charge in [0.25, 0.3) is 0 Å². The van der Waals surface area contributed by atoms with Crippen molar-refractivity contribution in [3.05, 3.63) is 53.6 Å². The van der Waals surface area contributed by atoms with Crippen molar-refractivity contribution in [2.24, 2.45) is 0 Å². The highest BCUT2D eigenvalue weighted by Crippen LogP contribution is 2.22. The summed E-state index contributed by atoms with van der Waals surface area (Å²) in [5, 5.41) is 9.23. The number of benzene rings is 2. The number of carboxylic acids is 1. The quantitative estimate of drug-likeness (QED) is 0.885. The number of rotatable bonds is 6. The van der Waals surface area contributed by atoms with Crippen LogP contribution in [0, 0.1) is 0 Å². The van der Waals surface area contributed by atoms with E-state index in [9.17, 15) is 9.90 Å². The topological polar surface area (TPSA) is 65.0 Å². The van der Waals surface area contributed by atoms with E-state index in [2.05, 4.69) is 0 Å². The van der Waals surface area contributed by atoms with Gasteiger partial charge in [0.2, 0.25) is 0 Å². The maximum Gasteiger partial charge on any atom is 0.336 e. The molecule has 0 aliphatic carbocycles. The van der Waals surface area contributed by atoms with Gasteiger partial charge in [-0.05, 0) is 24.3 Å². The average Bonchev–Trinajstić information content (AvgIpc) is 2.52. The number of carboxylic acid groups (broad SMARTS) is 1. The number of hydrogen-bond donors (Lipinski definition) is 1. The van der Waals surface area contributed by atoms with Crippen molar-refractivity contribution in [2.75, 3.05) is 14.2 Å². The van der Waals surface area contributed by atoms with Gasteiger partial charge in [-0.25, -0.2) is 4.79 Å². The minimum Gasteiger partial charge on any atom is -0.497 e. The molecule has 110 valence electrons. The molecule has 2 aromatic rings. The largest absolute Gasteiger partial charge is 0.497 e. The van der Waals surface area contributed by atoms with Crippen LogP contribution >= 0.6 is 0 Å². The maximum absolute atomic E-state index is 11.3. The molecule has 0 atom stereocenters. The van der Waals surface area contributed by atoms with E-state index in [0.717, 1.165) is 0 Å². The van der Waals surface area contributed by atoms with Crippen molar-refractivity contribution in [1.29, 1.82) is 0 Å². The Morgan fingerprint density at radius 3 is 2.33 bits per heavy atom. The Kier molecular flexibility index (Phi) is 4.66. The molecule has 21 heavy (non-hydrogen) atoms. The molecule has 0 bridgehead atoms. The van der Waals surface area contributed by atoms with Crippen molar-refractivity contribution in [3.63, 3.8) is 0 Å². The Morgan fingerprint density at radius 1 is 1.00 bits per heavy atom. The van der Waals surface area contributed by atoms with Gasteiger partial charge >= 0.3 is 5.97 Å². The van der Waals surface area contributed by atoms with Gasteiger partial charge in [0.05, 0.1) is 19.8 Å². The van der Waals surface area contributed by atoms with Gasteiger partial charge in [0.15, 0.2) is 0 Å². The van der Waals surface area contributed by atoms with Crippen molar-refractivity contribution in [2.45, 2.75) is 6.61 Å². The summed E-state index contributed by atoms with van der Waals surface area (Å²) < 4.78 is 15.8. The lowest BCUT2D eigenvalue weighted by Gasteiger charge is -2.11. The van der Waals surface area contributed by atoms with Crippen LogP contribution in [0.4, 0.5) is 0 Å². The highest BCUT2D eigenvalue weighted by Gasteiger charge is 2.12. The van der Waals surface area contributed by atoms with Gasteiger partial charge in [-0.15, -0.1) is 0 Å². The SMILES string of the molecule is COc1cccc(OCc2ccc(OC)cc2C(=O)O)c1. The Balaban J connectivity index is 2.17. The van der Waals surface area contributed by atoms with Crippen LogP contribution < -0.4 is 14.2 Å². The summed E-state index contributed by atoms with van der Waals surface area (Å²) >= 11 is 0. The van der Waals surface area contributed by atoms with Crippen LogP contribution in [0.3, 0.4) is 0 Å². The summed E-state index contributed by atoms with van der Waals surface area (Å²) in [4.78, 5) is 11.3. The van der Waals surface area contributed by atoms with E-state index in [1.165, 1.54) is 13.2 Å². The molecule has 0 heterocycles. The van der Waals surface area contributed by atoms with Gasteiger partial charge in [-0.3, -0.25) is 0 Å². The van der Waals surface area contributed by atoms with Crippen LogP contribution in [-0.2, 0) is 6.61 Å². The molecule has 0 aliphatic rings. The third-order valence-corrected chi connectivity index (χ3v) is 2.98. The number of methoxy groups -OCH3 is 2. The molecular weight excluding hydrogens is 272 g/mol. The molecule has 0 saturated heterocycles. The molecule has 0 aromatic heterocycles. The Morgan fingerprint density at radius 2 is 1.67 bits per heavy atom. The van der Waals surface area contributed by atoms with Gasteiger partial charge in [0, 0.05) is 11.6 Å². The van der Waals surface area contributed by atoms with Crippen LogP contribution in [0.2, 0.25) is 0 Å². The normalized spacial score (nSPS) is 10.0. The van der Waals surface area contributed by atoms with E-state index in [1.807, 2.05) is 6.07 Å². The number of carbonyl (C=O) groups is 1. The molecule has 0 radical (unpaired) electrons. The Labute approximate surface area is 122 Å². The average molecular weight is 288 g/mol. The first kappa shape index (κ1) is 14.7. The molecule has 0 fully saturated rings. The molecule has 0 amide bonds. The summed E-state index contributed by atoms with van der Waals surface area (Å²) in [6.07, 6.45) is 0. The highest BCUT2D eigenvalue weighted by molar-refractivity contribution is 5.89. The summed E-state index contributed by atoms with van der Waals surface area (Å²) in [5.74, 6) is 0.776. The van der Waals surface area contributed by atoms with Crippen LogP contribution in [0.5, 0.6) is 17.2 Å². The lowest BCUT2D eigenvalue weighted by atomic mass is 10.1. The zero-order valence-electron chi connectivity index (χ0n) is 11.8. The van der Waals surface area contributed by atoms with Gasteiger partial charge < -0.3 is 19.3 Å². The second-order valence-electron chi connectivity index (χ2n) is 4.30. The zero-order chi connectivity index (χ0) is 15.2. The second-order valence-corrected chi connectivity index (χ2v) is 4.30. The minimum atomic E-state index is -1.02. The summed E-state index contributed by atoms with van der Waals surface area (Å²) in [5.41, 5.74) is 0.739. The van der Waals surface area contributed by atoms with Crippen molar-refractivity contribution in [1.82, 2.24) is 0 Å². The first-order chi connectivity index (χ1) is 10.1. The molecular formula is C16H16O5. The van der Waals surface area contributed by atoms with E-state index >= 15 is 0 Å². The molecule has 0 aliphatic heterocycles. The van der Waals surface area contributed by atoms with E-state index in [4.69, 9.17) is 14.2 Å². The monoisotopic (exact) mass is 288 g/mol. The molecule has 5 nitrogen and oxygen atoms in total. The van der Waals surface area contributed by atoms with Gasteiger partial charge in [0.1, 0.15) is 23.9 Å². The second kappa shape index (κ2) is 6.65. The summed E-state index contributed by atoms with van der Waals surface area (Å²) in [7, 11) is 3.07. The van der Waals surface area contributed by atoms with E-state index in [0.29, 0.717) is 22.8 Å². The lowest BCUT2D eigenvalue weighted by Crippen LogP contribution is -2.06. The minimum absolute atomic E-state index is 0.152. The van der Waals surface area contributed by atoms with Crippen LogP contribution in [0.25, 0.3) is 0 Å². The maximum atomic E-state index is 11.3. The number of ether oxygens (including phenoxy) is 3. The van der Waals surface area contributed by atoms with Crippen molar-refractivity contribution < 1.29 is 24.1 Å². The van der Waals surface area contributed by atoms with E-state index < -0.39 is 5.97 Å².